The largest absolute Gasteiger partial charge is 0.393 e. The summed E-state index contributed by atoms with van der Waals surface area (Å²) in [7, 11) is 0. The van der Waals surface area contributed by atoms with Crippen LogP contribution < -0.4 is 0 Å². The Morgan fingerprint density at radius 3 is 2.41 bits per heavy atom. The predicted molar refractivity (Wildman–Crippen MR) is 115 cm³/mol. The summed E-state index contributed by atoms with van der Waals surface area (Å²) in [6.07, 6.45) is 18.0. The number of hydrogen-bond donors (Lipinski definition) is 1. The van der Waals surface area contributed by atoms with Crippen LogP contribution in [-0.4, -0.2) is 11.2 Å². The van der Waals surface area contributed by atoms with Gasteiger partial charge >= 0.3 is 0 Å². The van der Waals surface area contributed by atoms with Crippen molar-refractivity contribution in [2.75, 3.05) is 0 Å². The topological polar surface area (TPSA) is 20.2 Å². The molecule has 7 unspecified atom stereocenters. The third-order valence-corrected chi connectivity index (χ3v) is 10.7. The van der Waals surface area contributed by atoms with Gasteiger partial charge in [0.1, 0.15) is 0 Å². The second-order valence-corrected chi connectivity index (χ2v) is 11.8. The molecule has 0 aromatic heterocycles. The Hall–Kier alpha value is -0.0400. The number of fused-ring (bicyclic) bond motifs is 5. The van der Waals surface area contributed by atoms with Gasteiger partial charge < -0.3 is 5.11 Å². The van der Waals surface area contributed by atoms with E-state index >= 15 is 0 Å². The van der Waals surface area contributed by atoms with Crippen molar-refractivity contribution in [3.05, 3.63) is 0 Å². The first-order valence-electron chi connectivity index (χ1n) is 12.6. The molecule has 0 heterocycles. The minimum absolute atomic E-state index is 0.00619. The molecule has 9 atom stereocenters. The monoisotopic (exact) mass is 374 g/mol. The van der Waals surface area contributed by atoms with E-state index in [9.17, 15) is 5.11 Å². The summed E-state index contributed by atoms with van der Waals surface area (Å²) >= 11 is 0. The summed E-state index contributed by atoms with van der Waals surface area (Å²) in [5.74, 6) is 5.67. The van der Waals surface area contributed by atoms with Gasteiger partial charge in [0.2, 0.25) is 0 Å². The van der Waals surface area contributed by atoms with E-state index in [4.69, 9.17) is 0 Å². The highest BCUT2D eigenvalue weighted by molar-refractivity contribution is 5.09. The van der Waals surface area contributed by atoms with Crippen LogP contribution in [0.4, 0.5) is 0 Å². The molecular weight excluding hydrogens is 328 g/mol. The SMILES string of the molecule is CCCCCC(C)C1CCC2C3CCC4CC(O)CC[C@]4(C)C3CC[C@]12C. The lowest BCUT2D eigenvalue weighted by Gasteiger charge is -2.61. The second kappa shape index (κ2) is 7.66. The fourth-order valence-electron chi connectivity index (χ4n) is 9.13. The van der Waals surface area contributed by atoms with E-state index in [0.29, 0.717) is 10.8 Å². The Balaban J connectivity index is 1.49. The van der Waals surface area contributed by atoms with Gasteiger partial charge in [0.15, 0.2) is 0 Å². The van der Waals surface area contributed by atoms with Crippen molar-refractivity contribution in [3.63, 3.8) is 0 Å². The number of hydrogen-bond acceptors (Lipinski definition) is 1. The summed E-state index contributed by atoms with van der Waals surface area (Å²) in [5.41, 5.74) is 1.17. The van der Waals surface area contributed by atoms with Crippen LogP contribution in [0.2, 0.25) is 0 Å². The molecule has 4 rings (SSSR count). The van der Waals surface area contributed by atoms with Crippen LogP contribution in [0.1, 0.15) is 111 Å². The highest BCUT2D eigenvalue weighted by Gasteiger charge is 2.60. The maximum absolute atomic E-state index is 10.2. The lowest BCUT2D eigenvalue weighted by Crippen LogP contribution is -2.54. The van der Waals surface area contributed by atoms with Gasteiger partial charge in [0, 0.05) is 0 Å². The van der Waals surface area contributed by atoms with Crippen LogP contribution in [0.5, 0.6) is 0 Å². The Bertz CT molecular complexity index is 514. The zero-order chi connectivity index (χ0) is 19.2. The highest BCUT2D eigenvalue weighted by atomic mass is 16.3. The van der Waals surface area contributed by atoms with Gasteiger partial charge in [-0.15, -0.1) is 0 Å². The molecule has 4 fully saturated rings. The molecule has 4 saturated carbocycles. The highest BCUT2D eigenvalue weighted by Crippen LogP contribution is 2.68. The van der Waals surface area contributed by atoms with Crippen molar-refractivity contribution in [2.24, 2.45) is 46.3 Å². The summed E-state index contributed by atoms with van der Waals surface area (Å²) in [4.78, 5) is 0. The van der Waals surface area contributed by atoms with Gasteiger partial charge in [-0.25, -0.2) is 0 Å². The van der Waals surface area contributed by atoms with E-state index in [0.717, 1.165) is 48.3 Å². The molecule has 4 aliphatic carbocycles. The lowest BCUT2D eigenvalue weighted by atomic mass is 9.44. The maximum Gasteiger partial charge on any atom is 0.0543 e. The molecule has 1 nitrogen and oxygen atoms in total. The van der Waals surface area contributed by atoms with E-state index in [2.05, 4.69) is 27.7 Å². The van der Waals surface area contributed by atoms with Crippen molar-refractivity contribution in [2.45, 2.75) is 117 Å². The van der Waals surface area contributed by atoms with E-state index in [-0.39, 0.29) is 6.10 Å². The zero-order valence-electron chi connectivity index (χ0n) is 18.7. The standard InChI is InChI=1S/C26H46O/c1-5-6-7-8-18(2)22-11-12-23-21-10-9-19-17-20(27)13-15-25(19,3)24(21)14-16-26(22,23)4/h18-24,27H,5-17H2,1-4H3/t18?,19?,20?,21?,22?,23?,24?,25-,26+/m0/s1. The molecule has 0 spiro atoms. The molecule has 0 aromatic carbocycles. The molecule has 1 N–H and O–H groups in total. The summed E-state index contributed by atoms with van der Waals surface area (Å²) in [6.45, 7) is 10.3. The average molecular weight is 375 g/mol. The Labute approximate surface area is 169 Å². The number of aliphatic hydroxyl groups is 1. The van der Waals surface area contributed by atoms with E-state index in [1.54, 1.807) is 0 Å². The van der Waals surface area contributed by atoms with Crippen molar-refractivity contribution < 1.29 is 5.11 Å². The van der Waals surface area contributed by atoms with Crippen molar-refractivity contribution in [1.82, 2.24) is 0 Å². The average Bonchev–Trinajstić information content (AvgIpc) is 3.00. The zero-order valence-corrected chi connectivity index (χ0v) is 18.7. The fraction of sp³-hybridized carbons (Fsp3) is 1.00. The first kappa shape index (κ1) is 20.2. The van der Waals surface area contributed by atoms with Gasteiger partial charge in [-0.05, 0) is 104 Å². The fourth-order valence-corrected chi connectivity index (χ4v) is 9.13. The molecular formula is C26H46O. The molecule has 0 saturated heterocycles. The third kappa shape index (κ3) is 3.32. The number of aliphatic hydroxyl groups excluding tert-OH is 1. The van der Waals surface area contributed by atoms with Gasteiger partial charge in [-0.3, -0.25) is 0 Å². The van der Waals surface area contributed by atoms with Crippen LogP contribution in [0.3, 0.4) is 0 Å². The quantitative estimate of drug-likeness (QED) is 0.503. The molecule has 0 aromatic rings. The predicted octanol–water partition coefficient (Wildman–Crippen LogP) is 7.22. The Morgan fingerprint density at radius 2 is 1.63 bits per heavy atom. The second-order valence-electron chi connectivity index (χ2n) is 11.8. The van der Waals surface area contributed by atoms with Crippen molar-refractivity contribution >= 4 is 0 Å². The van der Waals surface area contributed by atoms with Gasteiger partial charge in [-0.2, -0.15) is 0 Å². The van der Waals surface area contributed by atoms with Gasteiger partial charge in [0.25, 0.3) is 0 Å². The molecule has 0 amide bonds. The maximum atomic E-state index is 10.2. The molecule has 0 radical (unpaired) electrons. The first-order valence-corrected chi connectivity index (χ1v) is 12.6. The molecule has 156 valence electrons. The number of unbranched alkanes of at least 4 members (excludes halogenated alkanes) is 2. The smallest absolute Gasteiger partial charge is 0.0543 e. The van der Waals surface area contributed by atoms with Gasteiger partial charge in [-0.1, -0.05) is 53.4 Å². The Morgan fingerprint density at radius 1 is 0.889 bits per heavy atom. The first-order chi connectivity index (χ1) is 12.9. The minimum atomic E-state index is -0.00619. The van der Waals surface area contributed by atoms with Crippen LogP contribution in [-0.2, 0) is 0 Å². The molecule has 1 heteroatoms. The van der Waals surface area contributed by atoms with E-state index < -0.39 is 0 Å². The third-order valence-electron chi connectivity index (χ3n) is 10.7. The van der Waals surface area contributed by atoms with Crippen LogP contribution >= 0.6 is 0 Å². The van der Waals surface area contributed by atoms with Gasteiger partial charge in [0.05, 0.1) is 6.10 Å². The van der Waals surface area contributed by atoms with Crippen molar-refractivity contribution in [1.29, 1.82) is 0 Å². The van der Waals surface area contributed by atoms with E-state index in [1.165, 1.54) is 70.6 Å². The summed E-state index contributed by atoms with van der Waals surface area (Å²) in [6, 6.07) is 0. The van der Waals surface area contributed by atoms with E-state index in [1.807, 2.05) is 0 Å². The number of rotatable bonds is 5. The summed E-state index contributed by atoms with van der Waals surface area (Å²) < 4.78 is 0. The molecule has 27 heavy (non-hydrogen) atoms. The van der Waals surface area contributed by atoms with Crippen LogP contribution in [0.15, 0.2) is 0 Å². The van der Waals surface area contributed by atoms with Crippen LogP contribution in [0.25, 0.3) is 0 Å². The molecule has 4 aliphatic rings. The Kier molecular flexibility index (Phi) is 5.74. The normalized spacial score (nSPS) is 50.6. The summed E-state index contributed by atoms with van der Waals surface area (Å²) in [5, 5.41) is 10.2. The minimum Gasteiger partial charge on any atom is -0.393 e. The van der Waals surface area contributed by atoms with Crippen LogP contribution in [0, 0.1) is 46.3 Å². The lowest BCUT2D eigenvalue weighted by molar-refractivity contribution is -0.129. The van der Waals surface area contributed by atoms with Crippen molar-refractivity contribution in [3.8, 4) is 0 Å². The molecule has 0 aliphatic heterocycles. The molecule has 0 bridgehead atoms.